The van der Waals surface area contributed by atoms with Crippen LogP contribution in [0.3, 0.4) is 0 Å². The van der Waals surface area contributed by atoms with E-state index in [0.717, 1.165) is 10.6 Å². The minimum absolute atomic E-state index is 0.142. The average molecular weight is 494 g/mol. The minimum atomic E-state index is -3.78. The largest absolute Gasteiger partial charge is 0.513 e. The molecule has 2 rings (SSSR count). The highest BCUT2D eigenvalue weighted by atomic mass is 32.2. The molecule has 1 amide bonds. The van der Waals surface area contributed by atoms with E-state index in [1.165, 1.54) is 39.5 Å². The number of hydrogen-bond donors (Lipinski definition) is 1. The zero-order valence-electron chi connectivity index (χ0n) is 19.5. The summed E-state index contributed by atoms with van der Waals surface area (Å²) in [4.78, 5) is 23.9. The molecule has 0 aliphatic rings. The molecule has 0 saturated heterocycles. The number of rotatable bonds is 10. The normalized spacial score (nSPS) is 12.0. The van der Waals surface area contributed by atoms with Crippen molar-refractivity contribution in [3.63, 3.8) is 0 Å². The third-order valence-electron chi connectivity index (χ3n) is 4.43. The summed E-state index contributed by atoms with van der Waals surface area (Å²) in [7, 11) is -1.20. The van der Waals surface area contributed by atoms with E-state index in [9.17, 15) is 18.0 Å². The molecule has 0 radical (unpaired) electrons. The van der Waals surface area contributed by atoms with Gasteiger partial charge in [0.05, 0.1) is 39.0 Å². The monoisotopic (exact) mass is 493 g/mol. The number of methoxy groups -OCH3 is 2. The van der Waals surface area contributed by atoms with Gasteiger partial charge in [-0.25, -0.2) is 18.6 Å². The van der Waals surface area contributed by atoms with E-state index in [2.05, 4.69) is 15.3 Å². The van der Waals surface area contributed by atoms with Gasteiger partial charge in [0, 0.05) is 0 Å². The highest BCUT2D eigenvalue weighted by Crippen LogP contribution is 2.28. The second-order valence-electron chi connectivity index (χ2n) is 6.86. The molecule has 1 N–H and O–H groups in total. The average Bonchev–Trinajstić information content (AvgIpc) is 2.80. The Kier molecular flexibility index (Phi) is 9.25. The van der Waals surface area contributed by atoms with Gasteiger partial charge in [-0.05, 0) is 61.9 Å². The Balaban J connectivity index is 2.14. The Bertz CT molecular complexity index is 1130. The predicted octanol–water partition coefficient (Wildman–Crippen LogP) is 2.54. The van der Waals surface area contributed by atoms with Gasteiger partial charge in [-0.15, -0.1) is 0 Å². The van der Waals surface area contributed by atoms with Gasteiger partial charge < -0.3 is 18.9 Å². The molecule has 0 aliphatic carbocycles. The van der Waals surface area contributed by atoms with Crippen LogP contribution < -0.4 is 23.9 Å². The van der Waals surface area contributed by atoms with E-state index in [1.807, 2.05) is 6.92 Å². The van der Waals surface area contributed by atoms with Gasteiger partial charge in [-0.1, -0.05) is 0 Å². The predicted molar refractivity (Wildman–Crippen MR) is 126 cm³/mol. The van der Waals surface area contributed by atoms with Crippen LogP contribution in [0.1, 0.15) is 19.4 Å². The highest BCUT2D eigenvalue weighted by molar-refractivity contribution is 7.92. The van der Waals surface area contributed by atoms with Crippen LogP contribution in [0.5, 0.6) is 17.2 Å². The Morgan fingerprint density at radius 3 is 2.35 bits per heavy atom. The first kappa shape index (κ1) is 26.5. The molecule has 0 unspecified atom stereocenters. The fourth-order valence-corrected chi connectivity index (χ4v) is 4.08. The van der Waals surface area contributed by atoms with E-state index >= 15 is 0 Å². The summed E-state index contributed by atoms with van der Waals surface area (Å²) >= 11 is 0. The molecular weight excluding hydrogens is 466 g/mol. The Hall–Kier alpha value is -3.80. The molecule has 1 atom stereocenters. The molecule has 11 nitrogen and oxygen atoms in total. The number of nitrogens with zero attached hydrogens (tertiary/aromatic N) is 2. The van der Waals surface area contributed by atoms with E-state index in [4.69, 9.17) is 14.2 Å². The molecule has 0 heterocycles. The third-order valence-corrected chi connectivity index (χ3v) is 5.67. The second kappa shape index (κ2) is 11.9. The van der Waals surface area contributed by atoms with Crippen molar-refractivity contribution >= 4 is 34.0 Å². The van der Waals surface area contributed by atoms with Crippen LogP contribution in [0.4, 0.5) is 10.5 Å². The Morgan fingerprint density at radius 1 is 1.12 bits per heavy atom. The molecule has 0 aromatic heterocycles. The first-order chi connectivity index (χ1) is 16.1. The summed E-state index contributed by atoms with van der Waals surface area (Å²) in [6.07, 6.45) is 1.45. The zero-order chi connectivity index (χ0) is 25.3. The Morgan fingerprint density at radius 2 is 1.79 bits per heavy atom. The number of anilines is 1. The first-order valence-electron chi connectivity index (χ1n) is 10.1. The first-order valence-corrected chi connectivity index (χ1v) is 11.9. The lowest BCUT2D eigenvalue weighted by Gasteiger charge is -2.27. The van der Waals surface area contributed by atoms with Crippen molar-refractivity contribution < 1.29 is 37.0 Å². The molecule has 184 valence electrons. The smallest absolute Gasteiger partial charge is 0.494 e. The molecule has 0 spiro atoms. The van der Waals surface area contributed by atoms with Gasteiger partial charge in [-0.3, -0.25) is 9.10 Å². The maximum absolute atomic E-state index is 12.6. The lowest BCUT2D eigenvalue weighted by Crippen LogP contribution is -2.46. The van der Waals surface area contributed by atoms with Crippen LogP contribution >= 0.6 is 0 Å². The van der Waals surface area contributed by atoms with Crippen molar-refractivity contribution in [2.45, 2.75) is 19.9 Å². The number of benzene rings is 2. The molecule has 0 aliphatic heterocycles. The molecule has 12 heteroatoms. The van der Waals surface area contributed by atoms with Crippen molar-refractivity contribution in [3.05, 3.63) is 48.0 Å². The topological polar surface area (TPSA) is 133 Å². The quantitative estimate of drug-likeness (QED) is 0.231. The molecular formula is C22H27N3O8S. The van der Waals surface area contributed by atoms with Gasteiger partial charge in [0.2, 0.25) is 10.0 Å². The SMILES string of the molecule is CCOc1ccc(N([C@H](C)C(=O)N/N=C\c2ccc(OC(=O)OC)c(OC)c2)S(C)(=O)=O)cc1. The van der Waals surface area contributed by atoms with Gasteiger partial charge >= 0.3 is 6.16 Å². The number of hydrogen-bond acceptors (Lipinski definition) is 9. The van der Waals surface area contributed by atoms with Gasteiger partial charge in [-0.2, -0.15) is 5.10 Å². The number of amides is 1. The summed E-state index contributed by atoms with van der Waals surface area (Å²) in [5.41, 5.74) is 3.16. The molecule has 0 bridgehead atoms. The summed E-state index contributed by atoms with van der Waals surface area (Å²) in [6.45, 7) is 3.76. The summed E-state index contributed by atoms with van der Waals surface area (Å²) in [5.74, 6) is 0.323. The van der Waals surface area contributed by atoms with Gasteiger partial charge in [0.15, 0.2) is 11.5 Å². The maximum atomic E-state index is 12.6. The van der Waals surface area contributed by atoms with Gasteiger partial charge in [0.1, 0.15) is 11.8 Å². The van der Waals surface area contributed by atoms with Crippen LogP contribution in [0.25, 0.3) is 0 Å². The van der Waals surface area contributed by atoms with E-state index in [0.29, 0.717) is 23.6 Å². The fourth-order valence-electron chi connectivity index (χ4n) is 2.91. The summed E-state index contributed by atoms with van der Waals surface area (Å²) < 4.78 is 45.8. The van der Waals surface area contributed by atoms with Gasteiger partial charge in [0.25, 0.3) is 5.91 Å². The van der Waals surface area contributed by atoms with Crippen molar-refractivity contribution in [2.24, 2.45) is 5.10 Å². The third kappa shape index (κ3) is 7.10. The highest BCUT2D eigenvalue weighted by Gasteiger charge is 2.29. The minimum Gasteiger partial charge on any atom is -0.494 e. The molecule has 0 fully saturated rings. The van der Waals surface area contributed by atoms with Crippen molar-refractivity contribution in [2.75, 3.05) is 31.4 Å². The number of carbonyl (C=O) groups is 2. The lowest BCUT2D eigenvalue weighted by molar-refractivity contribution is -0.121. The van der Waals surface area contributed by atoms with Crippen LogP contribution in [0.15, 0.2) is 47.6 Å². The molecule has 0 saturated carbocycles. The van der Waals surface area contributed by atoms with Crippen molar-refractivity contribution in [1.82, 2.24) is 5.43 Å². The standard InChI is InChI=1S/C22H27N3O8S/c1-6-32-18-10-8-17(9-11-18)25(34(5,28)29)15(2)21(26)24-23-14-16-7-12-19(20(13-16)30-3)33-22(27)31-4/h7-15H,6H2,1-5H3,(H,24,26)/b23-14-/t15-/m1/s1. The van der Waals surface area contributed by atoms with E-state index in [-0.39, 0.29) is 11.5 Å². The number of carbonyl (C=O) groups excluding carboxylic acids is 2. The van der Waals surface area contributed by atoms with Crippen molar-refractivity contribution in [1.29, 1.82) is 0 Å². The second-order valence-corrected chi connectivity index (χ2v) is 8.72. The Labute approximate surface area is 198 Å². The molecule has 2 aromatic carbocycles. The van der Waals surface area contributed by atoms with Crippen LogP contribution in [-0.4, -0.2) is 59.8 Å². The fraction of sp³-hybridized carbons (Fsp3) is 0.318. The van der Waals surface area contributed by atoms with Crippen LogP contribution in [0, 0.1) is 0 Å². The zero-order valence-corrected chi connectivity index (χ0v) is 20.3. The van der Waals surface area contributed by atoms with Crippen molar-refractivity contribution in [3.8, 4) is 17.2 Å². The molecule has 34 heavy (non-hydrogen) atoms. The summed E-state index contributed by atoms with van der Waals surface area (Å²) in [6, 6.07) is 9.85. The van der Waals surface area contributed by atoms with E-state index < -0.39 is 28.1 Å². The maximum Gasteiger partial charge on any atom is 0.513 e. The number of hydrazone groups is 1. The molecule has 2 aromatic rings. The number of nitrogens with one attached hydrogen (secondary N) is 1. The number of sulfonamides is 1. The van der Waals surface area contributed by atoms with Crippen LogP contribution in [-0.2, 0) is 19.6 Å². The lowest BCUT2D eigenvalue weighted by atomic mass is 10.2. The van der Waals surface area contributed by atoms with E-state index in [1.54, 1.807) is 30.3 Å². The van der Waals surface area contributed by atoms with Crippen LogP contribution in [0.2, 0.25) is 0 Å². The summed E-state index contributed by atoms with van der Waals surface area (Å²) in [5, 5.41) is 3.89. The number of ether oxygens (including phenoxy) is 4.